The minimum atomic E-state index is 0.273. The van der Waals surface area contributed by atoms with E-state index in [1.54, 1.807) is 0 Å². The van der Waals surface area contributed by atoms with Gasteiger partial charge in [-0.1, -0.05) is 13.8 Å². The predicted octanol–water partition coefficient (Wildman–Crippen LogP) is 1.66. The highest BCUT2D eigenvalue weighted by Gasteiger charge is 2.05. The normalized spacial score (nSPS) is 15.8. The molecule has 0 aromatic heterocycles. The molecule has 0 saturated heterocycles. The van der Waals surface area contributed by atoms with Crippen molar-refractivity contribution in [1.29, 1.82) is 0 Å². The molecule has 0 spiro atoms. The van der Waals surface area contributed by atoms with Gasteiger partial charge in [0.1, 0.15) is 0 Å². The van der Waals surface area contributed by atoms with Crippen LogP contribution in [-0.2, 0) is 0 Å². The fraction of sp³-hybridized carbons (Fsp3) is 0.778. The van der Waals surface area contributed by atoms with Crippen molar-refractivity contribution in [1.82, 2.24) is 0 Å². The van der Waals surface area contributed by atoms with Gasteiger partial charge in [0.25, 0.3) is 0 Å². The van der Waals surface area contributed by atoms with Gasteiger partial charge in [-0.25, -0.2) is 0 Å². The largest absolute Gasteiger partial charge is 0.396 e. The highest BCUT2D eigenvalue weighted by atomic mass is 16.3. The summed E-state index contributed by atoms with van der Waals surface area (Å²) in [5.41, 5.74) is 0. The van der Waals surface area contributed by atoms with E-state index in [1.807, 2.05) is 6.92 Å². The van der Waals surface area contributed by atoms with Crippen molar-refractivity contribution in [2.75, 3.05) is 6.61 Å². The van der Waals surface area contributed by atoms with E-state index in [0.29, 0.717) is 11.8 Å². The highest BCUT2D eigenvalue weighted by Crippen LogP contribution is 2.13. The lowest BCUT2D eigenvalue weighted by molar-refractivity contribution is 0.216. The molecule has 2 atom stereocenters. The van der Waals surface area contributed by atoms with E-state index in [9.17, 15) is 0 Å². The van der Waals surface area contributed by atoms with Gasteiger partial charge in [-0.05, 0) is 18.3 Å². The van der Waals surface area contributed by atoms with Crippen LogP contribution in [0.5, 0.6) is 0 Å². The molecule has 0 fully saturated rings. The molecule has 1 nitrogen and oxygen atoms in total. The standard InChI is InChI=1S/C9H16O/c1-4-5-8(2)6-9(3)7-10/h1,8-10H,5-7H2,2-3H3. The van der Waals surface area contributed by atoms with E-state index in [4.69, 9.17) is 11.5 Å². The molecular formula is C9H16O. The van der Waals surface area contributed by atoms with Crippen molar-refractivity contribution in [2.45, 2.75) is 26.7 Å². The van der Waals surface area contributed by atoms with E-state index in [2.05, 4.69) is 12.8 Å². The first-order valence-corrected chi connectivity index (χ1v) is 3.75. The molecule has 1 heteroatoms. The summed E-state index contributed by atoms with van der Waals surface area (Å²) < 4.78 is 0. The topological polar surface area (TPSA) is 20.2 Å². The Kier molecular flexibility index (Phi) is 5.06. The molecule has 10 heavy (non-hydrogen) atoms. The van der Waals surface area contributed by atoms with E-state index in [-0.39, 0.29) is 6.61 Å². The van der Waals surface area contributed by atoms with Crippen molar-refractivity contribution >= 4 is 0 Å². The molecule has 0 aliphatic heterocycles. The Balaban J connectivity index is 3.38. The Hall–Kier alpha value is -0.480. The molecule has 58 valence electrons. The van der Waals surface area contributed by atoms with Crippen LogP contribution in [-0.4, -0.2) is 11.7 Å². The third-order valence-corrected chi connectivity index (χ3v) is 1.58. The summed E-state index contributed by atoms with van der Waals surface area (Å²) >= 11 is 0. The number of aliphatic hydroxyl groups is 1. The van der Waals surface area contributed by atoms with Crippen LogP contribution >= 0.6 is 0 Å². The Labute approximate surface area is 63.5 Å². The fourth-order valence-electron chi connectivity index (χ4n) is 1.05. The first-order chi connectivity index (χ1) is 4.70. The summed E-state index contributed by atoms with van der Waals surface area (Å²) in [6, 6.07) is 0. The smallest absolute Gasteiger partial charge is 0.0456 e. The van der Waals surface area contributed by atoms with Gasteiger partial charge in [-0.15, -0.1) is 12.3 Å². The fourth-order valence-corrected chi connectivity index (χ4v) is 1.05. The van der Waals surface area contributed by atoms with Crippen molar-refractivity contribution in [3.8, 4) is 12.3 Å². The first kappa shape index (κ1) is 9.52. The lowest BCUT2D eigenvalue weighted by Gasteiger charge is -2.11. The molecule has 0 saturated carbocycles. The average molecular weight is 140 g/mol. The summed E-state index contributed by atoms with van der Waals surface area (Å²) in [4.78, 5) is 0. The monoisotopic (exact) mass is 140 g/mol. The lowest BCUT2D eigenvalue weighted by Crippen LogP contribution is -2.06. The Morgan fingerprint density at radius 1 is 1.40 bits per heavy atom. The third-order valence-electron chi connectivity index (χ3n) is 1.58. The minimum Gasteiger partial charge on any atom is -0.396 e. The van der Waals surface area contributed by atoms with Crippen molar-refractivity contribution < 1.29 is 5.11 Å². The summed E-state index contributed by atoms with van der Waals surface area (Å²) in [5.74, 6) is 3.56. The predicted molar refractivity (Wildman–Crippen MR) is 43.5 cm³/mol. The summed E-state index contributed by atoms with van der Waals surface area (Å²) in [6.07, 6.45) is 6.99. The van der Waals surface area contributed by atoms with Crippen LogP contribution in [0, 0.1) is 24.2 Å². The maximum Gasteiger partial charge on any atom is 0.0456 e. The molecule has 0 bridgehead atoms. The first-order valence-electron chi connectivity index (χ1n) is 3.75. The van der Waals surface area contributed by atoms with Crippen LogP contribution in [0.4, 0.5) is 0 Å². The number of terminal acetylenes is 1. The second kappa shape index (κ2) is 5.32. The molecule has 0 aromatic carbocycles. The lowest BCUT2D eigenvalue weighted by atomic mass is 9.96. The van der Waals surface area contributed by atoms with E-state index < -0.39 is 0 Å². The van der Waals surface area contributed by atoms with Gasteiger partial charge in [0.05, 0.1) is 0 Å². The van der Waals surface area contributed by atoms with Crippen LogP contribution in [0.3, 0.4) is 0 Å². The summed E-state index contributed by atoms with van der Waals surface area (Å²) in [7, 11) is 0. The Morgan fingerprint density at radius 2 is 2.00 bits per heavy atom. The molecule has 1 N–H and O–H groups in total. The number of hydrogen-bond donors (Lipinski definition) is 1. The average Bonchev–Trinajstić information content (AvgIpc) is 1.88. The molecule has 0 aliphatic carbocycles. The van der Waals surface area contributed by atoms with E-state index in [0.717, 1.165) is 12.8 Å². The van der Waals surface area contributed by atoms with Gasteiger partial charge < -0.3 is 5.11 Å². The number of aliphatic hydroxyl groups excluding tert-OH is 1. The van der Waals surface area contributed by atoms with Crippen LogP contribution in [0.15, 0.2) is 0 Å². The van der Waals surface area contributed by atoms with Gasteiger partial charge >= 0.3 is 0 Å². The zero-order valence-corrected chi connectivity index (χ0v) is 6.80. The maximum absolute atomic E-state index is 8.70. The maximum atomic E-state index is 8.70. The molecule has 0 rings (SSSR count). The van der Waals surface area contributed by atoms with Crippen LogP contribution < -0.4 is 0 Å². The van der Waals surface area contributed by atoms with Gasteiger partial charge in [-0.3, -0.25) is 0 Å². The molecule has 0 aliphatic rings. The van der Waals surface area contributed by atoms with Crippen molar-refractivity contribution in [2.24, 2.45) is 11.8 Å². The number of rotatable bonds is 4. The summed E-state index contributed by atoms with van der Waals surface area (Å²) in [6.45, 7) is 4.42. The Morgan fingerprint density at radius 3 is 2.40 bits per heavy atom. The highest BCUT2D eigenvalue weighted by molar-refractivity contribution is 4.85. The molecular weight excluding hydrogens is 124 g/mol. The van der Waals surface area contributed by atoms with Gasteiger partial charge in [-0.2, -0.15) is 0 Å². The minimum absolute atomic E-state index is 0.273. The van der Waals surface area contributed by atoms with Gasteiger partial charge in [0, 0.05) is 13.0 Å². The van der Waals surface area contributed by atoms with Crippen LogP contribution in [0.1, 0.15) is 26.7 Å². The molecule has 0 aromatic rings. The quantitative estimate of drug-likeness (QED) is 0.589. The van der Waals surface area contributed by atoms with Gasteiger partial charge in [0.2, 0.25) is 0 Å². The second-order valence-corrected chi connectivity index (χ2v) is 3.04. The van der Waals surface area contributed by atoms with Crippen molar-refractivity contribution in [3.05, 3.63) is 0 Å². The molecule has 0 amide bonds. The molecule has 0 heterocycles. The van der Waals surface area contributed by atoms with E-state index in [1.165, 1.54) is 0 Å². The SMILES string of the molecule is C#CCC(C)CC(C)CO. The summed E-state index contributed by atoms with van der Waals surface area (Å²) in [5, 5.41) is 8.70. The van der Waals surface area contributed by atoms with Crippen LogP contribution in [0.25, 0.3) is 0 Å². The second-order valence-electron chi connectivity index (χ2n) is 3.04. The third kappa shape index (κ3) is 4.40. The molecule has 0 radical (unpaired) electrons. The zero-order valence-electron chi connectivity index (χ0n) is 6.80. The Bertz CT molecular complexity index is 112. The zero-order chi connectivity index (χ0) is 7.98. The van der Waals surface area contributed by atoms with Crippen LogP contribution in [0.2, 0.25) is 0 Å². The van der Waals surface area contributed by atoms with E-state index >= 15 is 0 Å². The van der Waals surface area contributed by atoms with Gasteiger partial charge in [0.15, 0.2) is 0 Å². The molecule has 2 unspecified atom stereocenters. The number of hydrogen-bond acceptors (Lipinski definition) is 1. The van der Waals surface area contributed by atoms with Crippen molar-refractivity contribution in [3.63, 3.8) is 0 Å².